The highest BCUT2D eigenvalue weighted by Crippen LogP contribution is 2.31. The van der Waals surface area contributed by atoms with E-state index in [4.69, 9.17) is 103 Å². The molecule has 7 heterocycles. The Morgan fingerprint density at radius 2 is 1.22 bits per heavy atom. The first-order valence-electron chi connectivity index (χ1n) is 20.0. The number of imidazole rings is 2. The molecule has 68 heavy (non-hydrogen) atoms. The molecule has 0 aliphatic heterocycles. The Balaban J connectivity index is 0.000000191. The first-order chi connectivity index (χ1) is 31.9. The molecule has 0 radical (unpaired) electrons. The van der Waals surface area contributed by atoms with E-state index in [9.17, 15) is 10.2 Å². The van der Waals surface area contributed by atoms with E-state index >= 15 is 0 Å². The van der Waals surface area contributed by atoms with Crippen molar-refractivity contribution >= 4 is 97.4 Å². The van der Waals surface area contributed by atoms with Crippen LogP contribution in [0.15, 0.2) is 86.2 Å². The van der Waals surface area contributed by atoms with Gasteiger partial charge >= 0.3 is 11.8 Å². The highest BCUT2D eigenvalue weighted by molar-refractivity contribution is 7.81. The summed E-state index contributed by atoms with van der Waals surface area (Å²) in [6.45, 7) is -0.240. The minimum Gasteiger partial charge on any atom is -1.00 e. The summed E-state index contributed by atoms with van der Waals surface area (Å²) >= 11 is 20.3. The number of aromatic amines is 2. The van der Waals surface area contributed by atoms with E-state index in [1.54, 1.807) is 64.6 Å². The van der Waals surface area contributed by atoms with Gasteiger partial charge in [0, 0.05) is 72.1 Å². The second-order valence-electron chi connectivity index (χ2n) is 14.9. The summed E-state index contributed by atoms with van der Waals surface area (Å²) in [5.74, 6) is 0.339. The van der Waals surface area contributed by atoms with Crippen LogP contribution in [-0.4, -0.2) is 134 Å². The minimum atomic E-state index is -0.902. The molecule has 20 N–H and O–H groups in total. The average Bonchev–Trinajstić information content (AvgIpc) is 4.12. The second kappa shape index (κ2) is 25.5. The zero-order chi connectivity index (χ0) is 48.9. The van der Waals surface area contributed by atoms with Crippen LogP contribution in [0.2, 0.25) is 5.15 Å². The third kappa shape index (κ3) is 14.1. The molecule has 0 amide bonds. The summed E-state index contributed by atoms with van der Waals surface area (Å²) in [7, 11) is 0. The lowest BCUT2D eigenvalue weighted by molar-refractivity contribution is -0.728. The van der Waals surface area contributed by atoms with E-state index in [2.05, 4.69) is 44.9 Å². The largest absolute Gasteiger partial charge is 1.00 e. The van der Waals surface area contributed by atoms with Crippen molar-refractivity contribution < 1.29 is 52.2 Å². The fourth-order valence-electron chi connectivity index (χ4n) is 6.86. The molecule has 2 saturated carbocycles. The highest BCUT2D eigenvalue weighted by Gasteiger charge is 2.46. The van der Waals surface area contributed by atoms with Gasteiger partial charge in [-0.15, -0.1) is 0 Å². The number of aliphatic hydroxyl groups excluding tert-OH is 6. The molecule has 7 aromatic rings. The predicted octanol–water partition coefficient (Wildman–Crippen LogP) is -4.91. The molecule has 0 aromatic carbocycles. The number of hydrogen-bond acceptors (Lipinski definition) is 19. The van der Waals surface area contributed by atoms with Crippen molar-refractivity contribution in [3.05, 3.63) is 108 Å². The predicted molar refractivity (Wildman–Crippen MR) is 259 cm³/mol. The van der Waals surface area contributed by atoms with Gasteiger partial charge in [-0.1, -0.05) is 48.3 Å². The Hall–Kier alpha value is -5.88. The number of nitrogens with one attached hydrogen (secondary N) is 2. The number of pyridine rings is 3. The Morgan fingerprint density at radius 1 is 0.691 bits per heavy atom. The van der Waals surface area contributed by atoms with Gasteiger partial charge in [-0.3, -0.25) is 4.98 Å². The lowest BCUT2D eigenvalue weighted by Gasteiger charge is -2.13. The van der Waals surface area contributed by atoms with E-state index in [1.165, 1.54) is 6.33 Å². The van der Waals surface area contributed by atoms with Gasteiger partial charge in [-0.2, -0.15) is 19.5 Å². The fraction of sp³-hybridized carbons (Fsp3) is 0.300. The van der Waals surface area contributed by atoms with Gasteiger partial charge in [0.05, 0.1) is 42.7 Å². The molecule has 9 rings (SSSR count). The van der Waals surface area contributed by atoms with Crippen LogP contribution in [-0.2, 0) is 0 Å². The summed E-state index contributed by atoms with van der Waals surface area (Å²) in [4.78, 5) is 34.4. The molecule has 362 valence electrons. The molecular formula is C40H50Cl2N17O6S3+. The number of halogens is 2. The number of nitrogens with zero attached hydrogens (tertiary/aromatic N) is 9. The Kier molecular flexibility index (Phi) is 20.5. The zero-order valence-electron chi connectivity index (χ0n) is 35.7. The average molecular weight is 1030 g/mol. The van der Waals surface area contributed by atoms with Crippen molar-refractivity contribution in [1.82, 2.24) is 44.9 Å². The number of hydrogen-bond donors (Lipinski definition) is 14. The molecule has 2 aliphatic carbocycles. The normalized spacial score (nSPS) is 21.3. The number of aliphatic hydroxyl groups is 6. The summed E-state index contributed by atoms with van der Waals surface area (Å²) in [6.07, 6.45) is 11.0. The van der Waals surface area contributed by atoms with Gasteiger partial charge in [0.1, 0.15) is 32.8 Å². The second-order valence-corrected chi connectivity index (χ2v) is 16.6. The standard InChI is InChI=1S/C12H16N2O3S.C11H9N7S.C6H6N2S.C6H13NO3.C5H4ClN5.ClH/c13-12(18)7-2-1-3-14(5-7)9-4-8(6-15)10(16)11(9)17;12-8(19)6-2-1-3-18(4-6)10-7-9(15-5-14-7)16-11(13)17-10;7-6(9)5-2-1-3-8-4-5;7-4-1-3(2-8)5(9)6(4)10;6-3-2-4(9-1-8-2)11-5(7)10-3;/h1-3,5,8-11,15-17H,4,6H2,(H-,13,18);1-5H,(H4-,12,13,14,15,16,17,19);1-4H,(H2,7,9);3-6,8-10H,1-2,7H2;1H,(H3,7,8,9,10,11);1H/p+1. The van der Waals surface area contributed by atoms with Crippen LogP contribution >= 0.6 is 48.3 Å². The molecular weight excluding hydrogens is 982 g/mol. The van der Waals surface area contributed by atoms with Gasteiger partial charge in [-0.05, 0) is 36.8 Å². The molecule has 7 aromatic heterocycles. The molecule has 8 unspecified atom stereocenters. The monoisotopic (exact) mass is 1030 g/mol. The number of rotatable bonds is 7. The molecule has 8 atom stereocenters. The van der Waals surface area contributed by atoms with Gasteiger partial charge in [0.15, 0.2) is 40.4 Å². The lowest BCUT2D eigenvalue weighted by atomic mass is 10.1. The van der Waals surface area contributed by atoms with E-state index in [0.29, 0.717) is 61.7 Å². The van der Waals surface area contributed by atoms with E-state index in [0.717, 1.165) is 11.1 Å². The van der Waals surface area contributed by atoms with Crippen LogP contribution in [0.1, 0.15) is 35.6 Å². The van der Waals surface area contributed by atoms with Crippen LogP contribution < -0.4 is 55.9 Å². The highest BCUT2D eigenvalue weighted by atomic mass is 35.5. The minimum absolute atomic E-state index is 0. The summed E-state index contributed by atoms with van der Waals surface area (Å²) in [5.41, 5.74) is 37.5. The maximum absolute atomic E-state index is 10.00. The Morgan fingerprint density at radius 3 is 1.74 bits per heavy atom. The van der Waals surface area contributed by atoms with Crippen molar-refractivity contribution in [2.45, 2.75) is 49.3 Å². The number of fused-ring (bicyclic) bond motifs is 2. The van der Waals surface area contributed by atoms with Gasteiger partial charge in [0.25, 0.3) is 0 Å². The Labute approximate surface area is 415 Å². The third-order valence-electron chi connectivity index (χ3n) is 10.4. The van der Waals surface area contributed by atoms with E-state index < -0.39 is 24.4 Å². The maximum atomic E-state index is 10.00. The number of thiocarbonyl (C=S) groups is 3. The maximum Gasteiger partial charge on any atom is 0.359 e. The van der Waals surface area contributed by atoms with Crippen LogP contribution in [0.4, 0.5) is 11.9 Å². The van der Waals surface area contributed by atoms with Gasteiger partial charge < -0.3 is 87.4 Å². The molecule has 2 fully saturated rings. The number of nitrogen functional groups attached to an aromatic ring is 2. The smallest absolute Gasteiger partial charge is 0.359 e. The lowest BCUT2D eigenvalue weighted by Crippen LogP contribution is -3.00. The molecule has 23 nitrogen and oxygen atoms in total. The van der Waals surface area contributed by atoms with Crippen LogP contribution in [0.5, 0.6) is 0 Å². The summed E-state index contributed by atoms with van der Waals surface area (Å²) < 4.78 is 3.56. The van der Waals surface area contributed by atoms with Gasteiger partial charge in [-0.25, -0.2) is 14.5 Å². The van der Waals surface area contributed by atoms with Crippen molar-refractivity contribution in [2.24, 2.45) is 34.8 Å². The topological polar surface area (TPSA) is 407 Å². The summed E-state index contributed by atoms with van der Waals surface area (Å²) in [5, 5.41) is 56.1. The first kappa shape index (κ1) is 54.7. The van der Waals surface area contributed by atoms with E-state index in [1.807, 2.05) is 24.4 Å². The molecule has 0 saturated heterocycles. The SMILES string of the molecule is NC(=S)c1ccc[n+](-c2nc(N)nc3nc[nH]c23)c1.NC(=S)c1ccc[n+](C2CC(CO)C(O)C2O)c1.NC(=S)c1cccnc1.NC1CC(CO)C(O)C1O.Nc1nc(Cl)c2[nH]cnc2n1.[Cl-]. The van der Waals surface area contributed by atoms with Crippen molar-refractivity contribution in [1.29, 1.82) is 0 Å². The first-order valence-corrected chi connectivity index (χ1v) is 21.6. The van der Waals surface area contributed by atoms with E-state index in [-0.39, 0.29) is 66.4 Å². The zero-order valence-corrected chi connectivity index (χ0v) is 39.6. The third-order valence-corrected chi connectivity index (χ3v) is 11.4. The summed E-state index contributed by atoms with van der Waals surface area (Å²) in [6, 6.07) is 10.2. The number of aromatic nitrogens is 11. The molecule has 0 spiro atoms. The van der Waals surface area contributed by atoms with Crippen molar-refractivity contribution in [3.63, 3.8) is 0 Å². The molecule has 2 aliphatic rings. The number of nitrogens with two attached hydrogens (primary N) is 6. The van der Waals surface area contributed by atoms with Crippen LogP contribution in [0.3, 0.4) is 0 Å². The fourth-order valence-corrected chi connectivity index (χ4v) is 7.45. The van der Waals surface area contributed by atoms with Crippen molar-refractivity contribution in [2.75, 3.05) is 24.7 Å². The quantitative estimate of drug-likeness (QED) is 0.0404. The van der Waals surface area contributed by atoms with Crippen LogP contribution in [0, 0.1) is 11.8 Å². The Bertz CT molecular complexity index is 2780. The molecule has 28 heteroatoms. The van der Waals surface area contributed by atoms with Crippen LogP contribution in [0.25, 0.3) is 28.1 Å². The van der Waals surface area contributed by atoms with Crippen molar-refractivity contribution in [3.8, 4) is 5.82 Å². The number of H-pyrrole nitrogens is 2. The molecule has 0 bridgehead atoms. The number of anilines is 2. The van der Waals surface area contributed by atoms with Gasteiger partial charge in [0.2, 0.25) is 5.95 Å².